The fourth-order valence-electron chi connectivity index (χ4n) is 2.38. The van der Waals surface area contributed by atoms with Gasteiger partial charge in [-0.1, -0.05) is 18.2 Å². The summed E-state index contributed by atoms with van der Waals surface area (Å²) >= 11 is 1.61. The lowest BCUT2D eigenvalue weighted by Gasteiger charge is -2.18. The highest BCUT2D eigenvalue weighted by molar-refractivity contribution is 7.98. The zero-order chi connectivity index (χ0) is 15.9. The number of benzene rings is 1. The molecule has 1 aromatic rings. The van der Waals surface area contributed by atoms with Gasteiger partial charge in [0.15, 0.2) is 0 Å². The Labute approximate surface area is 134 Å². The smallest absolute Gasteiger partial charge is 0.312 e. The maximum Gasteiger partial charge on any atom is 0.312 e. The van der Waals surface area contributed by atoms with Crippen molar-refractivity contribution in [1.29, 1.82) is 0 Å². The van der Waals surface area contributed by atoms with Crippen molar-refractivity contribution in [3.05, 3.63) is 29.8 Å². The fraction of sp³-hybridized carbons (Fsp3) is 0.467. The third-order valence-electron chi connectivity index (χ3n) is 3.46. The Morgan fingerprint density at radius 2 is 2.23 bits per heavy atom. The number of carbonyl (C=O) groups is 2. The summed E-state index contributed by atoms with van der Waals surface area (Å²) in [6.45, 7) is 0.406. The Hall–Kier alpha value is -1.89. The van der Waals surface area contributed by atoms with Crippen LogP contribution in [0.15, 0.2) is 24.3 Å². The van der Waals surface area contributed by atoms with Crippen LogP contribution < -0.4 is 21.1 Å². The highest BCUT2D eigenvalue weighted by Gasteiger charge is 2.25. The van der Waals surface area contributed by atoms with Crippen LogP contribution in [0.4, 0.5) is 4.79 Å². The van der Waals surface area contributed by atoms with E-state index in [2.05, 4.69) is 10.6 Å². The molecule has 2 atom stereocenters. The number of thioether (sulfide) groups is 1. The number of amides is 3. The quantitative estimate of drug-likeness (QED) is 0.695. The monoisotopic (exact) mass is 323 g/mol. The second-order valence-electron chi connectivity index (χ2n) is 5.14. The second-order valence-corrected chi connectivity index (χ2v) is 6.13. The van der Waals surface area contributed by atoms with E-state index in [-0.39, 0.29) is 12.0 Å². The predicted octanol–water partition coefficient (Wildman–Crippen LogP) is 0.896. The molecule has 1 aliphatic rings. The molecule has 4 N–H and O–H groups in total. The lowest BCUT2D eigenvalue weighted by molar-refractivity contribution is -0.123. The molecule has 0 saturated carbocycles. The topological polar surface area (TPSA) is 93.5 Å². The van der Waals surface area contributed by atoms with Gasteiger partial charge in [-0.05, 0) is 30.1 Å². The van der Waals surface area contributed by atoms with Gasteiger partial charge in [0.25, 0.3) is 0 Å². The van der Waals surface area contributed by atoms with Crippen molar-refractivity contribution in [2.75, 3.05) is 18.6 Å². The molecule has 1 aromatic carbocycles. The summed E-state index contributed by atoms with van der Waals surface area (Å²) in [4.78, 5) is 23.2. The van der Waals surface area contributed by atoms with Crippen LogP contribution in [-0.2, 0) is 11.2 Å². The highest BCUT2D eigenvalue weighted by atomic mass is 32.2. The van der Waals surface area contributed by atoms with Gasteiger partial charge in [0, 0.05) is 6.42 Å². The molecule has 2 rings (SSSR count). The van der Waals surface area contributed by atoms with Crippen LogP contribution in [0.1, 0.15) is 12.0 Å². The lowest BCUT2D eigenvalue weighted by atomic mass is 10.1. The first-order valence-electron chi connectivity index (χ1n) is 7.17. The molecule has 1 aliphatic heterocycles. The minimum absolute atomic E-state index is 0.0730. The van der Waals surface area contributed by atoms with Crippen LogP contribution in [0.2, 0.25) is 0 Å². The number of hydrogen-bond donors (Lipinski definition) is 3. The minimum atomic E-state index is -0.689. The first kappa shape index (κ1) is 16.5. The van der Waals surface area contributed by atoms with Crippen molar-refractivity contribution in [2.24, 2.45) is 5.73 Å². The summed E-state index contributed by atoms with van der Waals surface area (Å²) in [7, 11) is 0. The number of urea groups is 1. The van der Waals surface area contributed by atoms with E-state index in [1.165, 1.54) is 0 Å². The zero-order valence-electron chi connectivity index (χ0n) is 12.5. The third-order valence-corrected chi connectivity index (χ3v) is 4.11. The number of rotatable bonds is 7. The number of fused-ring (bicyclic) bond motifs is 1. The summed E-state index contributed by atoms with van der Waals surface area (Å²) in [6.07, 6.45) is 3.19. The van der Waals surface area contributed by atoms with Crippen molar-refractivity contribution in [3.8, 4) is 5.75 Å². The van der Waals surface area contributed by atoms with E-state index < -0.39 is 12.1 Å². The number of para-hydroxylation sites is 1. The Bertz CT molecular complexity index is 514. The number of ether oxygens (including phenoxy) is 1. The molecular formula is C15H21N3O3S. The Kier molecular flexibility index (Phi) is 5.94. The summed E-state index contributed by atoms with van der Waals surface area (Å²) in [5.74, 6) is 1.41. The summed E-state index contributed by atoms with van der Waals surface area (Å²) in [5, 5.41) is 5.31. The maximum absolute atomic E-state index is 12.2. The first-order chi connectivity index (χ1) is 10.6. The summed E-state index contributed by atoms with van der Waals surface area (Å²) in [5.41, 5.74) is 6.27. The number of nitrogens with one attached hydrogen (secondary N) is 2. The standard InChI is InChI=1S/C15H21N3O3S/c1-22-7-6-12(18-15(16)20)14(19)17-9-11-8-10-4-2-3-5-13(10)21-11/h2-5,11-12H,6-9H2,1H3,(H,17,19)(H3,16,18,20)/t11-,12-/m1/s1. The van der Waals surface area contributed by atoms with Gasteiger partial charge in [-0.3, -0.25) is 4.79 Å². The van der Waals surface area contributed by atoms with Gasteiger partial charge in [-0.25, -0.2) is 4.79 Å². The largest absolute Gasteiger partial charge is 0.488 e. The van der Waals surface area contributed by atoms with Crippen molar-refractivity contribution in [2.45, 2.75) is 25.0 Å². The lowest BCUT2D eigenvalue weighted by Crippen LogP contribution is -2.50. The molecule has 0 aliphatic carbocycles. The maximum atomic E-state index is 12.2. The Balaban J connectivity index is 1.82. The molecule has 7 heteroatoms. The molecule has 0 bridgehead atoms. The molecule has 120 valence electrons. The predicted molar refractivity (Wildman–Crippen MR) is 87.1 cm³/mol. The van der Waals surface area contributed by atoms with E-state index in [1.807, 2.05) is 30.5 Å². The zero-order valence-corrected chi connectivity index (χ0v) is 13.3. The SMILES string of the molecule is CSCC[C@@H](NC(N)=O)C(=O)NC[C@H]1Cc2ccccc2O1. The molecule has 0 unspecified atom stereocenters. The molecule has 0 spiro atoms. The van der Waals surface area contributed by atoms with Crippen LogP contribution in [0, 0.1) is 0 Å². The normalized spacial score (nSPS) is 17.2. The van der Waals surface area contributed by atoms with Crippen LogP contribution in [0.5, 0.6) is 5.75 Å². The summed E-state index contributed by atoms with van der Waals surface area (Å²) < 4.78 is 5.77. The van der Waals surface area contributed by atoms with Gasteiger partial charge in [-0.2, -0.15) is 11.8 Å². The molecule has 0 aromatic heterocycles. The molecule has 0 fully saturated rings. The molecule has 1 heterocycles. The van der Waals surface area contributed by atoms with E-state index in [9.17, 15) is 9.59 Å². The highest BCUT2D eigenvalue weighted by Crippen LogP contribution is 2.27. The van der Waals surface area contributed by atoms with Gasteiger partial charge in [-0.15, -0.1) is 0 Å². The number of nitrogens with two attached hydrogens (primary N) is 1. The average molecular weight is 323 g/mol. The second kappa shape index (κ2) is 7.93. The molecular weight excluding hydrogens is 302 g/mol. The van der Waals surface area contributed by atoms with Crippen molar-refractivity contribution < 1.29 is 14.3 Å². The molecule has 0 radical (unpaired) electrons. The Morgan fingerprint density at radius 3 is 2.91 bits per heavy atom. The van der Waals surface area contributed by atoms with Gasteiger partial charge < -0.3 is 21.1 Å². The van der Waals surface area contributed by atoms with Crippen LogP contribution in [0.25, 0.3) is 0 Å². The van der Waals surface area contributed by atoms with Gasteiger partial charge >= 0.3 is 6.03 Å². The Morgan fingerprint density at radius 1 is 1.45 bits per heavy atom. The fourth-order valence-corrected chi connectivity index (χ4v) is 2.85. The molecule has 22 heavy (non-hydrogen) atoms. The minimum Gasteiger partial charge on any atom is -0.488 e. The van der Waals surface area contributed by atoms with Gasteiger partial charge in [0.2, 0.25) is 5.91 Å². The van der Waals surface area contributed by atoms with Crippen LogP contribution >= 0.6 is 11.8 Å². The van der Waals surface area contributed by atoms with Crippen LogP contribution in [-0.4, -0.2) is 42.6 Å². The van der Waals surface area contributed by atoms with E-state index in [1.54, 1.807) is 11.8 Å². The number of hydrogen-bond acceptors (Lipinski definition) is 4. The van der Waals surface area contributed by atoms with Crippen molar-refractivity contribution in [1.82, 2.24) is 10.6 Å². The van der Waals surface area contributed by atoms with Crippen molar-refractivity contribution >= 4 is 23.7 Å². The number of carbonyl (C=O) groups excluding carboxylic acids is 2. The van der Waals surface area contributed by atoms with Gasteiger partial charge in [0.05, 0.1) is 6.54 Å². The van der Waals surface area contributed by atoms with Crippen LogP contribution in [0.3, 0.4) is 0 Å². The average Bonchev–Trinajstić information content (AvgIpc) is 2.91. The number of primary amides is 1. The van der Waals surface area contributed by atoms with Gasteiger partial charge in [0.1, 0.15) is 17.9 Å². The van der Waals surface area contributed by atoms with E-state index in [4.69, 9.17) is 10.5 Å². The molecule has 0 saturated heterocycles. The molecule has 6 nitrogen and oxygen atoms in total. The summed E-state index contributed by atoms with van der Waals surface area (Å²) in [6, 6.07) is 6.55. The van der Waals surface area contributed by atoms with Crippen molar-refractivity contribution in [3.63, 3.8) is 0 Å². The van der Waals surface area contributed by atoms with E-state index in [0.717, 1.165) is 23.5 Å². The molecule has 3 amide bonds. The van der Waals surface area contributed by atoms with E-state index >= 15 is 0 Å². The third kappa shape index (κ3) is 4.56. The first-order valence-corrected chi connectivity index (χ1v) is 8.56. The van der Waals surface area contributed by atoms with E-state index in [0.29, 0.717) is 13.0 Å².